The first-order valence-corrected chi connectivity index (χ1v) is 27.9. The lowest BCUT2D eigenvalue weighted by atomic mass is 9.95. The Morgan fingerprint density at radius 1 is 0.631 bits per heavy atom. The zero-order chi connectivity index (χ0) is 63.2. The predicted molar refractivity (Wildman–Crippen MR) is 309 cm³/mol. The van der Waals surface area contributed by atoms with Crippen molar-refractivity contribution in [3.8, 4) is 0 Å². The van der Waals surface area contributed by atoms with E-state index in [0.717, 1.165) is 6.92 Å². The minimum atomic E-state index is -1.68. The quantitative estimate of drug-likeness (QED) is 0.0524. The zero-order valence-electron chi connectivity index (χ0n) is 48.0. The van der Waals surface area contributed by atoms with Crippen LogP contribution in [0.5, 0.6) is 0 Å². The number of hydrogen-bond donors (Lipinski definition) is 18. The summed E-state index contributed by atoms with van der Waals surface area (Å²) >= 11 is 6.14. The highest BCUT2D eigenvalue weighted by Gasteiger charge is 2.37. The fourth-order valence-corrected chi connectivity index (χ4v) is 8.73. The Bertz CT molecular complexity index is 2510. The number of amides is 10. The van der Waals surface area contributed by atoms with Crippen LogP contribution in [0.2, 0.25) is 5.02 Å². The van der Waals surface area contributed by atoms with E-state index in [0.29, 0.717) is 16.1 Å². The van der Waals surface area contributed by atoms with Gasteiger partial charge in [0, 0.05) is 43.8 Å². The SMILES string of the molecule is CC(=O)O.CC(C)CC1NC(=O)C(Cc2ccccc2)NC(=O)C(CCN)NC(=O)[C@@H](NC(=O)[C@H](CN)NC(=O)[C@@H](NC(=O)C[C@H](CN)c2cccc(Cl)c2)[C@@H](C)O)CCNC(=O)[C@H]([C@@H](C)O)NC(=O)C(CCN)NC(=O)[C@H](CCN)NC1=O. The summed E-state index contributed by atoms with van der Waals surface area (Å²) in [6, 6.07) is 1.70. The molecule has 2 aromatic carbocycles. The number of hydrogen-bond acceptors (Lipinski definition) is 18. The lowest BCUT2D eigenvalue weighted by molar-refractivity contribution is -0.136. The number of carboxylic acids is 1. The van der Waals surface area contributed by atoms with Gasteiger partial charge in [-0.15, -0.1) is 0 Å². The van der Waals surface area contributed by atoms with E-state index in [9.17, 15) is 58.2 Å². The number of nitrogens with two attached hydrogens (primary N) is 5. The van der Waals surface area contributed by atoms with Gasteiger partial charge < -0.3 is 97.2 Å². The Hall–Kier alpha value is -7.38. The number of rotatable bonds is 22. The third kappa shape index (κ3) is 25.6. The zero-order valence-corrected chi connectivity index (χ0v) is 48.7. The summed E-state index contributed by atoms with van der Waals surface area (Å²) in [6.07, 6.45) is -4.32. The van der Waals surface area contributed by atoms with Crippen molar-refractivity contribution in [1.82, 2.24) is 53.2 Å². The van der Waals surface area contributed by atoms with Crippen molar-refractivity contribution < 1.29 is 68.1 Å². The molecule has 1 saturated heterocycles. The molecule has 1 fully saturated rings. The van der Waals surface area contributed by atoms with Crippen LogP contribution in [0.1, 0.15) is 90.2 Å². The molecule has 10 amide bonds. The monoisotopic (exact) mass is 1200 g/mol. The molecule has 1 aliphatic rings. The second-order valence-corrected chi connectivity index (χ2v) is 21.0. The van der Waals surface area contributed by atoms with Crippen molar-refractivity contribution in [2.75, 3.05) is 39.3 Å². The fraction of sp³-hybridized carbons (Fsp3) is 0.574. The second kappa shape index (κ2) is 37.7. The third-order valence-corrected chi connectivity index (χ3v) is 13.2. The van der Waals surface area contributed by atoms with Gasteiger partial charge in [-0.05, 0) is 101 Å². The largest absolute Gasteiger partial charge is 0.481 e. The first-order valence-electron chi connectivity index (χ1n) is 27.6. The van der Waals surface area contributed by atoms with Gasteiger partial charge in [-0.2, -0.15) is 0 Å². The van der Waals surface area contributed by atoms with Gasteiger partial charge in [0.1, 0.15) is 54.4 Å². The number of benzene rings is 2. The van der Waals surface area contributed by atoms with Crippen LogP contribution in [0, 0.1) is 5.92 Å². The van der Waals surface area contributed by atoms with Gasteiger partial charge in [0.2, 0.25) is 59.1 Å². The summed E-state index contributed by atoms with van der Waals surface area (Å²) in [5.74, 6) is -10.7. The number of nitrogens with one attached hydrogen (secondary N) is 10. The number of carboxylic acid groups (broad SMARTS) is 1. The normalized spacial score (nSPS) is 22.4. The van der Waals surface area contributed by atoms with Crippen molar-refractivity contribution in [1.29, 1.82) is 0 Å². The fourth-order valence-electron chi connectivity index (χ4n) is 8.53. The summed E-state index contributed by atoms with van der Waals surface area (Å²) in [7, 11) is 0. The molecule has 0 aromatic heterocycles. The highest BCUT2D eigenvalue weighted by Crippen LogP contribution is 2.22. The molecule has 4 unspecified atom stereocenters. The van der Waals surface area contributed by atoms with Gasteiger partial charge in [0.15, 0.2) is 0 Å². The summed E-state index contributed by atoms with van der Waals surface area (Å²) in [4.78, 5) is 149. The molecular weight excluding hydrogens is 1120 g/mol. The van der Waals surface area contributed by atoms with E-state index in [4.69, 9.17) is 50.2 Å². The maximum absolute atomic E-state index is 14.4. The van der Waals surface area contributed by atoms with E-state index in [-0.39, 0.29) is 70.6 Å². The molecule has 30 heteroatoms. The molecule has 0 spiro atoms. The van der Waals surface area contributed by atoms with Crippen LogP contribution in [0.4, 0.5) is 0 Å². The Kier molecular flexibility index (Phi) is 32.7. The van der Waals surface area contributed by atoms with Gasteiger partial charge in [-0.3, -0.25) is 52.7 Å². The van der Waals surface area contributed by atoms with Crippen LogP contribution in [0.25, 0.3) is 0 Å². The van der Waals surface area contributed by atoms with Gasteiger partial charge in [-0.1, -0.05) is 67.9 Å². The highest BCUT2D eigenvalue weighted by molar-refractivity contribution is 6.30. The first kappa shape index (κ1) is 72.7. The van der Waals surface area contributed by atoms with Crippen molar-refractivity contribution in [3.05, 3.63) is 70.7 Å². The van der Waals surface area contributed by atoms with Crippen LogP contribution >= 0.6 is 11.6 Å². The molecule has 1 heterocycles. The van der Waals surface area contributed by atoms with Gasteiger partial charge >= 0.3 is 0 Å². The van der Waals surface area contributed by atoms with Gasteiger partial charge in [-0.25, -0.2) is 0 Å². The Labute approximate surface area is 492 Å². The van der Waals surface area contributed by atoms with E-state index in [2.05, 4.69) is 53.2 Å². The molecule has 12 atom stereocenters. The minimum absolute atomic E-state index is 0.0295. The molecule has 0 saturated carbocycles. The van der Waals surface area contributed by atoms with Gasteiger partial charge in [0.25, 0.3) is 5.97 Å². The van der Waals surface area contributed by atoms with Crippen LogP contribution in [-0.4, -0.2) is 186 Å². The topological polar surface area (TPSA) is 499 Å². The van der Waals surface area contributed by atoms with E-state index in [1.165, 1.54) is 13.8 Å². The summed E-state index contributed by atoms with van der Waals surface area (Å²) in [5.41, 5.74) is 30.8. The van der Waals surface area contributed by atoms with Crippen molar-refractivity contribution in [2.45, 2.75) is 152 Å². The van der Waals surface area contributed by atoms with Crippen LogP contribution in [-0.2, 0) is 59.2 Å². The summed E-state index contributed by atoms with van der Waals surface area (Å²) < 4.78 is 0. The van der Waals surface area contributed by atoms with E-state index in [1.54, 1.807) is 68.4 Å². The molecule has 2 aromatic rings. The van der Waals surface area contributed by atoms with Crippen LogP contribution in [0.3, 0.4) is 0 Å². The molecule has 0 bridgehead atoms. The molecule has 0 radical (unpaired) electrons. The molecular formula is C54H86ClN15O14. The average molecular weight is 1200 g/mol. The second-order valence-electron chi connectivity index (χ2n) is 20.5. The van der Waals surface area contributed by atoms with E-state index < -0.39 is 157 Å². The van der Waals surface area contributed by atoms with Gasteiger partial charge in [0.05, 0.1) is 12.2 Å². The van der Waals surface area contributed by atoms with Crippen LogP contribution in [0.15, 0.2) is 54.6 Å². The number of aliphatic hydroxyl groups excluding tert-OH is 2. The molecule has 23 N–H and O–H groups in total. The molecule has 1 aliphatic heterocycles. The maximum atomic E-state index is 14.4. The van der Waals surface area contributed by atoms with E-state index in [1.807, 2.05) is 0 Å². The minimum Gasteiger partial charge on any atom is -0.481 e. The Morgan fingerprint density at radius 3 is 1.62 bits per heavy atom. The highest BCUT2D eigenvalue weighted by atomic mass is 35.5. The van der Waals surface area contributed by atoms with Crippen molar-refractivity contribution >= 4 is 76.6 Å². The summed E-state index contributed by atoms with van der Waals surface area (Å²) in [5, 5.41) is 54.5. The molecule has 84 heavy (non-hydrogen) atoms. The lowest BCUT2D eigenvalue weighted by Crippen LogP contribution is -2.62. The standard InChI is InChI=1S/C52H82ClN15O12.C2H4O2/c1-27(2)21-38-48(76)62-34(13-17-54)44(72)61-36(15-19-56)47(75)68-42(28(3)69)51(79)59-20-16-37(46(74)60-35(14-18-55)45(73)65-39(49(77)64-38)22-30-9-6-5-7-10-30)63-50(78)40(26-58)66-52(80)43(29(4)70)67-41(71)24-32(25-57)31-11-8-12-33(53)23-31;1-2(3)4/h5-12,23,27-29,32,34-40,42-43,69-70H,13-22,24-26,54-58H2,1-4H3,(H,59,79)(H,60,74)(H,61,72)(H,62,76)(H,63,78)(H,64,77)(H,65,73)(H,66,80)(H,67,71)(H,68,75);1H3,(H,3,4)/t28-,29-,32-,34+,35?,36?,37+,38?,39?,40+,42+,43+;/m1./s1. The molecule has 468 valence electrons. The predicted octanol–water partition coefficient (Wildman–Crippen LogP) is -5.20. The molecule has 0 aliphatic carbocycles. The van der Waals surface area contributed by atoms with Crippen LogP contribution < -0.4 is 81.8 Å². The number of halogens is 1. The van der Waals surface area contributed by atoms with Crippen molar-refractivity contribution in [2.24, 2.45) is 34.6 Å². The number of aliphatic carboxylic acids is 1. The Morgan fingerprint density at radius 2 is 1.13 bits per heavy atom. The molecule has 29 nitrogen and oxygen atoms in total. The first-order chi connectivity index (χ1) is 39.7. The number of aliphatic hydroxyl groups is 2. The van der Waals surface area contributed by atoms with Crippen molar-refractivity contribution in [3.63, 3.8) is 0 Å². The lowest BCUT2D eigenvalue weighted by Gasteiger charge is -2.28. The number of carbonyl (C=O) groups is 11. The maximum Gasteiger partial charge on any atom is 0.300 e. The smallest absolute Gasteiger partial charge is 0.300 e. The number of carbonyl (C=O) groups excluding carboxylic acids is 10. The summed E-state index contributed by atoms with van der Waals surface area (Å²) in [6.45, 7) is 5.62. The third-order valence-electron chi connectivity index (χ3n) is 12.9. The average Bonchev–Trinajstić information content (AvgIpc) is 3.58. The molecule has 3 rings (SSSR count). The van der Waals surface area contributed by atoms with E-state index >= 15 is 0 Å². The Balaban J connectivity index is 0.00000582.